The summed E-state index contributed by atoms with van der Waals surface area (Å²) in [6.07, 6.45) is 0.769. The Morgan fingerprint density at radius 2 is 1.09 bits per heavy atom. The molecule has 17 nitrogen and oxygen atoms in total. The van der Waals surface area contributed by atoms with Crippen molar-refractivity contribution in [3.63, 3.8) is 0 Å². The minimum absolute atomic E-state index is 0.00775. The highest BCUT2D eigenvalue weighted by Gasteiger charge is 2.32. The standard InChI is InChI=1S/C36H47N11O6/c37-35(38)41-15-3-7-26-32(51)45-27(8-4-16-42-36(39)40)33(52)47-28(18-21-10-13-25(48)14-11-21)31(50)43-20-30(49)44-29(34(53)46-26)19-22-9-12-23-5-1-2-6-24(23)17-22/h1-2,5-6,9-14,17,26-29,48H,3-4,7-8,15-16,18-20H2,(H,43,50)(H,44,49)(H,45,51)(H,46,53)(H,47,52)(H4,37,38,41)(H4,39,40,42)/t26-,27+,28+,29-/m1/s1. The number of carbonyl (C=O) groups excluding carboxylic acids is 5. The number of benzene rings is 3. The monoisotopic (exact) mass is 729 g/mol. The SMILES string of the molecule is NC(N)=NCCC[C@@H]1NC(=O)[C@@H](CCCN=C(N)N)NC(=O)[C@@H](Cc2ccc3ccccc3c2)NC(=O)CNC(=O)[C@H](Cc2ccc(O)cc2)NC1=O. The molecule has 4 atom stereocenters. The molecule has 4 rings (SSSR count). The lowest BCUT2D eigenvalue weighted by atomic mass is 10.0. The van der Waals surface area contributed by atoms with Gasteiger partial charge in [0.1, 0.15) is 29.9 Å². The second kappa shape index (κ2) is 19.3. The van der Waals surface area contributed by atoms with Crippen LogP contribution in [0.3, 0.4) is 0 Å². The van der Waals surface area contributed by atoms with Crippen molar-refractivity contribution in [2.75, 3.05) is 19.6 Å². The zero-order valence-electron chi connectivity index (χ0n) is 29.2. The van der Waals surface area contributed by atoms with E-state index in [1.54, 1.807) is 12.1 Å². The van der Waals surface area contributed by atoms with Crippen LogP contribution in [0.5, 0.6) is 5.75 Å². The van der Waals surface area contributed by atoms with E-state index in [4.69, 9.17) is 22.9 Å². The van der Waals surface area contributed by atoms with E-state index in [2.05, 4.69) is 36.6 Å². The third-order valence-electron chi connectivity index (χ3n) is 8.49. The lowest BCUT2D eigenvalue weighted by molar-refractivity contribution is -0.134. The number of nitrogens with two attached hydrogens (primary N) is 4. The molecule has 17 heteroatoms. The van der Waals surface area contributed by atoms with E-state index >= 15 is 0 Å². The van der Waals surface area contributed by atoms with Gasteiger partial charge in [-0.05, 0) is 59.7 Å². The van der Waals surface area contributed by atoms with Crippen molar-refractivity contribution >= 4 is 52.2 Å². The zero-order chi connectivity index (χ0) is 38.3. The van der Waals surface area contributed by atoms with Gasteiger partial charge in [0.05, 0.1) is 6.54 Å². The molecule has 1 saturated heterocycles. The van der Waals surface area contributed by atoms with Gasteiger partial charge in [-0.15, -0.1) is 0 Å². The van der Waals surface area contributed by atoms with Crippen LogP contribution in [0.15, 0.2) is 76.7 Å². The molecule has 0 aliphatic carbocycles. The zero-order valence-corrected chi connectivity index (χ0v) is 29.2. The normalized spacial score (nSPS) is 20.0. The summed E-state index contributed by atoms with van der Waals surface area (Å²) in [5, 5.41) is 25.1. The summed E-state index contributed by atoms with van der Waals surface area (Å²) >= 11 is 0. The van der Waals surface area contributed by atoms with E-state index in [0.717, 1.165) is 16.3 Å². The summed E-state index contributed by atoms with van der Waals surface area (Å²) in [5.74, 6) is -3.66. The third-order valence-corrected chi connectivity index (χ3v) is 8.49. The van der Waals surface area contributed by atoms with Crippen molar-refractivity contribution in [1.29, 1.82) is 0 Å². The van der Waals surface area contributed by atoms with Gasteiger partial charge in [-0.3, -0.25) is 34.0 Å². The molecule has 1 aliphatic heterocycles. The first-order chi connectivity index (χ1) is 25.4. The molecular formula is C36H47N11O6. The van der Waals surface area contributed by atoms with Gasteiger partial charge < -0.3 is 54.6 Å². The van der Waals surface area contributed by atoms with Crippen LogP contribution in [-0.4, -0.2) is 90.4 Å². The summed E-state index contributed by atoms with van der Waals surface area (Å²) in [6.45, 7) is -0.194. The van der Waals surface area contributed by atoms with Crippen LogP contribution in [-0.2, 0) is 36.8 Å². The van der Waals surface area contributed by atoms with E-state index in [0.29, 0.717) is 5.56 Å². The Hall–Kier alpha value is -6.39. The molecule has 3 aromatic rings. The first-order valence-corrected chi connectivity index (χ1v) is 17.2. The Labute approximate surface area is 306 Å². The first-order valence-electron chi connectivity index (χ1n) is 17.2. The van der Waals surface area contributed by atoms with Crippen LogP contribution in [0.4, 0.5) is 0 Å². The predicted octanol–water partition coefficient (Wildman–Crippen LogP) is -1.49. The quantitative estimate of drug-likeness (QED) is 0.0585. The highest BCUT2D eigenvalue weighted by atomic mass is 16.3. The Morgan fingerprint density at radius 1 is 0.604 bits per heavy atom. The Balaban J connectivity index is 1.68. The largest absolute Gasteiger partial charge is 0.508 e. The number of carbonyl (C=O) groups is 5. The fourth-order valence-corrected chi connectivity index (χ4v) is 5.79. The number of phenolic OH excluding ortho intramolecular Hbond substituents is 1. The molecule has 3 aromatic carbocycles. The Kier molecular flexibility index (Phi) is 14.3. The van der Waals surface area contributed by atoms with Gasteiger partial charge in [0.15, 0.2) is 11.9 Å². The minimum atomic E-state index is -1.19. The maximum absolute atomic E-state index is 13.9. The molecule has 0 bridgehead atoms. The van der Waals surface area contributed by atoms with E-state index in [9.17, 15) is 29.1 Å². The van der Waals surface area contributed by atoms with E-state index in [-0.39, 0.29) is 69.3 Å². The van der Waals surface area contributed by atoms with Gasteiger partial charge in [-0.25, -0.2) is 0 Å². The van der Waals surface area contributed by atoms with Gasteiger partial charge in [0, 0.05) is 25.9 Å². The number of fused-ring (bicyclic) bond motifs is 1. The minimum Gasteiger partial charge on any atom is -0.508 e. The summed E-state index contributed by atoms with van der Waals surface area (Å²) in [6, 6.07) is 14.7. The third kappa shape index (κ3) is 12.7. The van der Waals surface area contributed by atoms with E-state index in [1.807, 2.05) is 42.5 Å². The van der Waals surface area contributed by atoms with Crippen molar-refractivity contribution in [2.24, 2.45) is 32.9 Å². The first kappa shape index (κ1) is 39.4. The van der Waals surface area contributed by atoms with Gasteiger partial charge >= 0.3 is 0 Å². The average Bonchev–Trinajstić information content (AvgIpc) is 3.12. The van der Waals surface area contributed by atoms with Crippen LogP contribution in [0.25, 0.3) is 10.8 Å². The molecule has 1 fully saturated rings. The van der Waals surface area contributed by atoms with Crippen molar-refractivity contribution in [3.8, 4) is 5.75 Å². The second-order valence-electron chi connectivity index (χ2n) is 12.7. The molecule has 282 valence electrons. The van der Waals surface area contributed by atoms with Crippen LogP contribution < -0.4 is 49.5 Å². The Morgan fingerprint density at radius 3 is 1.68 bits per heavy atom. The second-order valence-corrected chi connectivity index (χ2v) is 12.7. The van der Waals surface area contributed by atoms with Crippen molar-refractivity contribution in [3.05, 3.63) is 77.9 Å². The molecule has 0 spiro atoms. The molecule has 0 saturated carbocycles. The highest BCUT2D eigenvalue weighted by molar-refractivity contribution is 5.97. The van der Waals surface area contributed by atoms with Gasteiger partial charge in [0.2, 0.25) is 29.5 Å². The lowest BCUT2D eigenvalue weighted by Gasteiger charge is -2.26. The van der Waals surface area contributed by atoms with Crippen molar-refractivity contribution < 1.29 is 29.1 Å². The topological polar surface area (TPSA) is 295 Å². The van der Waals surface area contributed by atoms with Crippen molar-refractivity contribution in [1.82, 2.24) is 26.6 Å². The van der Waals surface area contributed by atoms with Crippen LogP contribution >= 0.6 is 0 Å². The molecule has 53 heavy (non-hydrogen) atoms. The molecule has 5 amide bonds. The predicted molar refractivity (Wildman–Crippen MR) is 200 cm³/mol. The fourth-order valence-electron chi connectivity index (χ4n) is 5.79. The summed E-state index contributed by atoms with van der Waals surface area (Å²) in [5.41, 5.74) is 23.2. The number of aromatic hydroxyl groups is 1. The van der Waals surface area contributed by atoms with Gasteiger partial charge in [-0.2, -0.15) is 0 Å². The molecule has 1 heterocycles. The maximum Gasteiger partial charge on any atom is 0.243 e. The molecule has 14 N–H and O–H groups in total. The molecule has 0 unspecified atom stereocenters. The van der Waals surface area contributed by atoms with Crippen LogP contribution in [0, 0.1) is 0 Å². The van der Waals surface area contributed by atoms with Gasteiger partial charge in [-0.1, -0.05) is 54.6 Å². The van der Waals surface area contributed by atoms with Crippen LogP contribution in [0.2, 0.25) is 0 Å². The number of hydrogen-bond donors (Lipinski definition) is 10. The summed E-state index contributed by atoms with van der Waals surface area (Å²) in [7, 11) is 0. The number of rotatable bonds is 12. The molecule has 1 aliphatic rings. The van der Waals surface area contributed by atoms with Crippen molar-refractivity contribution in [2.45, 2.75) is 62.7 Å². The van der Waals surface area contributed by atoms with Crippen LogP contribution in [0.1, 0.15) is 36.8 Å². The number of guanidine groups is 2. The smallest absolute Gasteiger partial charge is 0.243 e. The highest BCUT2D eigenvalue weighted by Crippen LogP contribution is 2.17. The molecule has 0 aromatic heterocycles. The average molecular weight is 730 g/mol. The lowest BCUT2D eigenvalue weighted by Crippen LogP contribution is -2.58. The fraction of sp³-hybridized carbons (Fsp3) is 0.361. The number of hydrogen-bond acceptors (Lipinski definition) is 8. The maximum atomic E-state index is 13.9. The summed E-state index contributed by atoms with van der Waals surface area (Å²) in [4.78, 5) is 76.4. The van der Waals surface area contributed by atoms with Gasteiger partial charge in [0.25, 0.3) is 0 Å². The number of nitrogens with one attached hydrogen (secondary N) is 5. The molecular weight excluding hydrogens is 682 g/mol. The Bertz CT molecular complexity index is 1820. The van der Waals surface area contributed by atoms with E-state index < -0.39 is 60.2 Å². The molecule has 0 radical (unpaired) electrons. The summed E-state index contributed by atoms with van der Waals surface area (Å²) < 4.78 is 0. The number of aliphatic imine (C=N–C) groups is 2. The van der Waals surface area contributed by atoms with E-state index in [1.165, 1.54) is 12.1 Å². The number of phenols is 1. The number of amides is 5. The number of nitrogens with zero attached hydrogens (tertiary/aromatic N) is 2.